The van der Waals surface area contributed by atoms with Crippen molar-refractivity contribution in [3.63, 3.8) is 0 Å². The van der Waals surface area contributed by atoms with Crippen molar-refractivity contribution in [2.24, 2.45) is 0 Å². The van der Waals surface area contributed by atoms with Crippen LogP contribution in [0, 0.1) is 0 Å². The summed E-state index contributed by atoms with van der Waals surface area (Å²) in [4.78, 5) is 4.42. The second-order valence-electron chi connectivity index (χ2n) is 7.57. The molecule has 0 aromatic heterocycles. The predicted molar refractivity (Wildman–Crippen MR) is 244 cm³/mol. The van der Waals surface area contributed by atoms with Crippen LogP contribution in [0.2, 0.25) is 0 Å². The summed E-state index contributed by atoms with van der Waals surface area (Å²) in [5, 5.41) is 0. The van der Waals surface area contributed by atoms with E-state index in [0.717, 1.165) is 0 Å². The predicted octanol–water partition coefficient (Wildman–Crippen LogP) is 17.8. The second kappa shape index (κ2) is 52.5. The smallest absolute Gasteiger partial charge is 0.0461 e. The lowest BCUT2D eigenvalue weighted by Gasteiger charge is -2.25. The Morgan fingerprint density at radius 2 is 0.353 bits per heavy atom. The highest BCUT2D eigenvalue weighted by Crippen LogP contribution is 2.33. The molecule has 288 valence electrons. The van der Waals surface area contributed by atoms with E-state index in [4.69, 9.17) is 0 Å². The van der Waals surface area contributed by atoms with Crippen LogP contribution in [0.1, 0.15) is 125 Å². The molecule has 0 bridgehead atoms. The Bertz CT molecular complexity index is 1060. The number of hydrogen-bond donors (Lipinski definition) is 0. The Balaban J connectivity index is -0.000000140. The Hall–Kier alpha value is -4.30. The van der Waals surface area contributed by atoms with Gasteiger partial charge in [0.1, 0.15) is 0 Å². The molecule has 0 N–H and O–H groups in total. The molecule has 2 nitrogen and oxygen atoms in total. The number of nitrogens with zero attached hydrogens (tertiary/aromatic N) is 2. The van der Waals surface area contributed by atoms with Crippen LogP contribution in [0.5, 0.6) is 0 Å². The van der Waals surface area contributed by atoms with Crippen molar-refractivity contribution >= 4 is 28.4 Å². The molecular formula is C49H82N2. The normalized spacial score (nSPS) is 7.51. The first-order valence-corrected chi connectivity index (χ1v) is 20.1. The molecule has 0 atom stereocenters. The summed E-state index contributed by atoms with van der Waals surface area (Å²) >= 11 is 0. The van der Waals surface area contributed by atoms with Crippen LogP contribution in [-0.4, -0.2) is 7.05 Å². The zero-order valence-corrected chi connectivity index (χ0v) is 36.8. The molecule has 0 amide bonds. The highest BCUT2D eigenvalue weighted by molar-refractivity contribution is 5.76. The molecule has 0 radical (unpaired) electrons. The van der Waals surface area contributed by atoms with E-state index in [1.165, 1.54) is 28.4 Å². The van der Waals surface area contributed by atoms with Gasteiger partial charge in [-0.15, -0.1) is 0 Å². The fraction of sp³-hybridized carbons (Fsp3) is 0.388. The van der Waals surface area contributed by atoms with Crippen molar-refractivity contribution in [3.8, 4) is 0 Å². The van der Waals surface area contributed by atoms with E-state index in [9.17, 15) is 0 Å². The summed E-state index contributed by atoms with van der Waals surface area (Å²) in [7, 11) is 2.07. The van der Waals surface area contributed by atoms with Gasteiger partial charge >= 0.3 is 0 Å². The van der Waals surface area contributed by atoms with E-state index < -0.39 is 0 Å². The lowest BCUT2D eigenvalue weighted by Crippen LogP contribution is -2.09. The largest absolute Gasteiger partial charge is 0.345 e. The van der Waals surface area contributed by atoms with Gasteiger partial charge in [0.25, 0.3) is 0 Å². The number of hydrogen-bond acceptors (Lipinski definition) is 2. The molecule has 0 spiro atoms. The topological polar surface area (TPSA) is 6.48 Å². The molecule has 0 heterocycles. The maximum Gasteiger partial charge on any atom is 0.0461 e. The summed E-state index contributed by atoms with van der Waals surface area (Å²) < 4.78 is 0. The van der Waals surface area contributed by atoms with Crippen molar-refractivity contribution in [2.45, 2.75) is 125 Å². The number of anilines is 5. The Kier molecular flexibility index (Phi) is 60.6. The minimum Gasteiger partial charge on any atom is -0.345 e. The lowest BCUT2D eigenvalue weighted by atomic mass is 10.2. The fourth-order valence-electron chi connectivity index (χ4n) is 3.63. The van der Waals surface area contributed by atoms with Gasteiger partial charge in [0.2, 0.25) is 0 Å². The van der Waals surface area contributed by atoms with Gasteiger partial charge in [-0.05, 0) is 60.7 Å². The van der Waals surface area contributed by atoms with Crippen LogP contribution >= 0.6 is 0 Å². The van der Waals surface area contributed by atoms with Crippen LogP contribution in [0.4, 0.5) is 28.4 Å². The van der Waals surface area contributed by atoms with E-state index in [2.05, 4.69) is 138 Å². The highest BCUT2D eigenvalue weighted by Gasteiger charge is 2.10. The molecule has 2 heteroatoms. The standard InChI is InChI=1S/C18H15N.C13H13N.9C2H6/c1-4-10-16(11-5-1)19(17-12-6-2-7-13-17)18-14-8-3-9-15-18;1-14(12-8-4-2-5-9-12)13-10-6-3-7-11-13;9*1-2/h1-15H;2-11H,1H3;9*1-2H3. The van der Waals surface area contributed by atoms with E-state index >= 15 is 0 Å². The van der Waals surface area contributed by atoms with Gasteiger partial charge in [-0.25, -0.2) is 0 Å². The third-order valence-electron chi connectivity index (χ3n) is 5.33. The Morgan fingerprint density at radius 3 is 0.510 bits per heavy atom. The van der Waals surface area contributed by atoms with Crippen LogP contribution < -0.4 is 9.80 Å². The lowest BCUT2D eigenvalue weighted by molar-refractivity contribution is 1.21. The van der Waals surface area contributed by atoms with Gasteiger partial charge in [0.15, 0.2) is 0 Å². The Morgan fingerprint density at radius 1 is 0.216 bits per heavy atom. The summed E-state index contributed by atoms with van der Waals surface area (Å²) in [5.41, 5.74) is 5.91. The summed E-state index contributed by atoms with van der Waals surface area (Å²) in [5.74, 6) is 0. The quantitative estimate of drug-likeness (QED) is 0.180. The Labute approximate surface area is 320 Å². The second-order valence-corrected chi connectivity index (χ2v) is 7.57. The van der Waals surface area contributed by atoms with E-state index in [-0.39, 0.29) is 0 Å². The molecule has 5 aromatic carbocycles. The molecule has 0 aliphatic rings. The van der Waals surface area contributed by atoms with Gasteiger partial charge in [-0.1, -0.05) is 216 Å². The summed E-state index contributed by atoms with van der Waals surface area (Å²) in [6, 6.07) is 51.9. The van der Waals surface area contributed by atoms with Gasteiger partial charge in [0.05, 0.1) is 0 Å². The van der Waals surface area contributed by atoms with Crippen LogP contribution in [-0.2, 0) is 0 Å². The van der Waals surface area contributed by atoms with Crippen LogP contribution in [0.3, 0.4) is 0 Å². The van der Waals surface area contributed by atoms with E-state index in [1.54, 1.807) is 0 Å². The molecule has 5 rings (SSSR count). The van der Waals surface area contributed by atoms with Gasteiger partial charge in [-0.2, -0.15) is 0 Å². The van der Waals surface area contributed by atoms with Gasteiger partial charge in [0, 0.05) is 35.5 Å². The molecule has 0 aliphatic carbocycles. The molecule has 51 heavy (non-hydrogen) atoms. The van der Waals surface area contributed by atoms with Crippen molar-refractivity contribution in [1.82, 2.24) is 0 Å². The van der Waals surface area contributed by atoms with Crippen molar-refractivity contribution in [3.05, 3.63) is 152 Å². The van der Waals surface area contributed by atoms with Crippen LogP contribution in [0.15, 0.2) is 152 Å². The highest BCUT2D eigenvalue weighted by atomic mass is 15.1. The maximum atomic E-state index is 2.25. The van der Waals surface area contributed by atoms with Crippen molar-refractivity contribution in [1.29, 1.82) is 0 Å². The van der Waals surface area contributed by atoms with Crippen molar-refractivity contribution < 1.29 is 0 Å². The summed E-state index contributed by atoms with van der Waals surface area (Å²) in [6.45, 7) is 36.0. The fourth-order valence-corrected chi connectivity index (χ4v) is 3.63. The molecule has 0 unspecified atom stereocenters. The first-order chi connectivity index (χ1) is 25.3. The average molecular weight is 699 g/mol. The average Bonchev–Trinajstić information content (AvgIpc) is 3.29. The third kappa shape index (κ3) is 28.1. The first-order valence-electron chi connectivity index (χ1n) is 20.1. The zero-order valence-electron chi connectivity index (χ0n) is 36.8. The molecule has 0 aliphatic heterocycles. The minimum atomic E-state index is 1.17. The zero-order chi connectivity index (χ0) is 40.7. The first kappa shape index (κ1) is 58.9. The van der Waals surface area contributed by atoms with E-state index in [0.29, 0.717) is 0 Å². The molecule has 0 saturated carbocycles. The summed E-state index contributed by atoms with van der Waals surface area (Å²) in [6.07, 6.45) is 0. The van der Waals surface area contributed by atoms with Crippen LogP contribution in [0.25, 0.3) is 0 Å². The number of rotatable bonds is 5. The molecule has 0 saturated heterocycles. The molecule has 0 fully saturated rings. The van der Waals surface area contributed by atoms with Crippen molar-refractivity contribution in [2.75, 3.05) is 16.8 Å². The number of benzene rings is 5. The SMILES string of the molecule is CC.CC.CC.CC.CC.CC.CC.CC.CC.CN(c1ccccc1)c1ccccc1.c1ccc(N(c2ccccc2)c2ccccc2)cc1. The third-order valence-corrected chi connectivity index (χ3v) is 5.33. The van der Waals surface area contributed by atoms with E-state index in [1.807, 2.05) is 155 Å². The monoisotopic (exact) mass is 699 g/mol. The minimum absolute atomic E-state index is 1.17. The van der Waals surface area contributed by atoms with Gasteiger partial charge in [-0.3, -0.25) is 0 Å². The van der Waals surface area contributed by atoms with Gasteiger partial charge < -0.3 is 9.80 Å². The maximum absolute atomic E-state index is 2.25. The number of para-hydroxylation sites is 5. The molecular weight excluding hydrogens is 617 g/mol. The molecule has 5 aromatic rings.